The van der Waals surface area contributed by atoms with E-state index in [-0.39, 0.29) is 0 Å². The van der Waals surface area contributed by atoms with E-state index in [1.165, 1.54) is 11.5 Å². The molecule has 0 aliphatic rings. The van der Waals surface area contributed by atoms with Gasteiger partial charge in [-0.15, -0.1) is 0 Å². The average molecular weight is 283 g/mol. The molecule has 0 spiro atoms. The maximum atomic E-state index is 11.6. The molecule has 1 atom stereocenters. The van der Waals surface area contributed by atoms with E-state index in [0.29, 0.717) is 6.42 Å². The van der Waals surface area contributed by atoms with Crippen LogP contribution in [0.15, 0.2) is 54.6 Å². The quantitative estimate of drug-likeness (QED) is 0.794. The second kappa shape index (κ2) is 5.43. The van der Waals surface area contributed by atoms with E-state index in [1.807, 2.05) is 54.6 Å². The fraction of sp³-hybridized carbons (Fsp3) is 0.125. The number of carbonyl (C=O) groups is 1. The van der Waals surface area contributed by atoms with Crippen molar-refractivity contribution >= 4 is 28.4 Å². The SMILES string of the molecule is O=C(O)C(Cc1ccccc1)c1snc2ccccc12. The second-order valence-electron chi connectivity index (χ2n) is 4.64. The van der Waals surface area contributed by atoms with E-state index in [4.69, 9.17) is 0 Å². The number of carboxylic acid groups (broad SMARTS) is 1. The van der Waals surface area contributed by atoms with Gasteiger partial charge >= 0.3 is 5.97 Å². The van der Waals surface area contributed by atoms with Crippen molar-refractivity contribution < 1.29 is 9.90 Å². The molecule has 0 bridgehead atoms. The van der Waals surface area contributed by atoms with Gasteiger partial charge in [0.25, 0.3) is 0 Å². The monoisotopic (exact) mass is 283 g/mol. The molecule has 0 amide bonds. The lowest BCUT2D eigenvalue weighted by molar-refractivity contribution is -0.138. The molecule has 1 aromatic heterocycles. The van der Waals surface area contributed by atoms with Gasteiger partial charge in [-0.25, -0.2) is 0 Å². The number of hydrogen-bond acceptors (Lipinski definition) is 3. The number of benzene rings is 2. The zero-order valence-electron chi connectivity index (χ0n) is 10.7. The van der Waals surface area contributed by atoms with Crippen LogP contribution in [-0.4, -0.2) is 15.4 Å². The molecule has 1 heterocycles. The third-order valence-electron chi connectivity index (χ3n) is 3.31. The molecule has 2 aromatic carbocycles. The highest BCUT2D eigenvalue weighted by molar-refractivity contribution is 7.07. The average Bonchev–Trinajstić information content (AvgIpc) is 2.89. The van der Waals surface area contributed by atoms with Crippen LogP contribution in [0.3, 0.4) is 0 Å². The van der Waals surface area contributed by atoms with Crippen LogP contribution in [0.5, 0.6) is 0 Å². The van der Waals surface area contributed by atoms with Crippen molar-refractivity contribution in [2.24, 2.45) is 0 Å². The number of carboxylic acids is 1. The molecule has 1 N–H and O–H groups in total. The van der Waals surface area contributed by atoms with Crippen molar-refractivity contribution in [3.63, 3.8) is 0 Å². The Labute approximate surface area is 120 Å². The molecule has 3 aromatic rings. The van der Waals surface area contributed by atoms with Crippen molar-refractivity contribution in [1.29, 1.82) is 0 Å². The first-order valence-electron chi connectivity index (χ1n) is 6.37. The smallest absolute Gasteiger partial charge is 0.312 e. The third-order valence-corrected chi connectivity index (χ3v) is 4.30. The number of aromatic nitrogens is 1. The second-order valence-corrected chi connectivity index (χ2v) is 5.45. The van der Waals surface area contributed by atoms with Crippen LogP contribution in [-0.2, 0) is 11.2 Å². The summed E-state index contributed by atoms with van der Waals surface area (Å²) in [6, 6.07) is 17.4. The first-order chi connectivity index (χ1) is 9.75. The van der Waals surface area contributed by atoms with Gasteiger partial charge in [0.2, 0.25) is 0 Å². The molecule has 4 heteroatoms. The number of fused-ring (bicyclic) bond motifs is 1. The van der Waals surface area contributed by atoms with Crippen molar-refractivity contribution in [2.75, 3.05) is 0 Å². The van der Waals surface area contributed by atoms with E-state index in [0.717, 1.165) is 21.3 Å². The van der Waals surface area contributed by atoms with Crippen LogP contribution in [0.25, 0.3) is 10.9 Å². The minimum absolute atomic E-state index is 0.488. The molecule has 0 fully saturated rings. The van der Waals surface area contributed by atoms with Crippen LogP contribution < -0.4 is 0 Å². The Morgan fingerprint density at radius 1 is 1.10 bits per heavy atom. The Morgan fingerprint density at radius 3 is 2.55 bits per heavy atom. The van der Waals surface area contributed by atoms with Crippen LogP contribution >= 0.6 is 11.5 Å². The Morgan fingerprint density at radius 2 is 1.80 bits per heavy atom. The molecular weight excluding hydrogens is 270 g/mol. The van der Waals surface area contributed by atoms with E-state index in [2.05, 4.69) is 4.37 Å². The summed E-state index contributed by atoms with van der Waals surface area (Å²) in [4.78, 5) is 12.5. The number of hydrogen-bond donors (Lipinski definition) is 1. The Kier molecular flexibility index (Phi) is 3.48. The minimum Gasteiger partial charge on any atom is -0.481 e. The summed E-state index contributed by atoms with van der Waals surface area (Å²) in [5, 5.41) is 10.5. The van der Waals surface area contributed by atoms with Crippen LogP contribution in [0.1, 0.15) is 16.4 Å². The lowest BCUT2D eigenvalue weighted by Gasteiger charge is -2.10. The van der Waals surface area contributed by atoms with Crippen LogP contribution in [0.4, 0.5) is 0 Å². The van der Waals surface area contributed by atoms with E-state index in [1.54, 1.807) is 0 Å². The van der Waals surface area contributed by atoms with Gasteiger partial charge in [0, 0.05) is 10.3 Å². The summed E-state index contributed by atoms with van der Waals surface area (Å²) < 4.78 is 4.34. The van der Waals surface area contributed by atoms with E-state index >= 15 is 0 Å². The van der Waals surface area contributed by atoms with Crippen molar-refractivity contribution in [3.8, 4) is 0 Å². The van der Waals surface area contributed by atoms with Gasteiger partial charge in [0.1, 0.15) is 0 Å². The largest absolute Gasteiger partial charge is 0.481 e. The van der Waals surface area contributed by atoms with Gasteiger partial charge in [-0.2, -0.15) is 4.37 Å². The number of nitrogens with zero attached hydrogens (tertiary/aromatic N) is 1. The predicted molar refractivity (Wildman–Crippen MR) is 80.1 cm³/mol. The molecule has 3 rings (SSSR count). The van der Waals surface area contributed by atoms with Crippen LogP contribution in [0, 0.1) is 0 Å². The van der Waals surface area contributed by atoms with Gasteiger partial charge in [0.05, 0.1) is 11.4 Å². The van der Waals surface area contributed by atoms with Crippen molar-refractivity contribution in [3.05, 3.63) is 65.0 Å². The van der Waals surface area contributed by atoms with Crippen molar-refractivity contribution in [1.82, 2.24) is 4.37 Å². The number of aliphatic carboxylic acids is 1. The van der Waals surface area contributed by atoms with E-state index < -0.39 is 11.9 Å². The summed E-state index contributed by atoms with van der Waals surface area (Å²) in [5.74, 6) is -1.35. The highest BCUT2D eigenvalue weighted by Crippen LogP contribution is 2.31. The van der Waals surface area contributed by atoms with Crippen molar-refractivity contribution in [2.45, 2.75) is 12.3 Å². The Hall–Kier alpha value is -2.20. The van der Waals surface area contributed by atoms with Gasteiger partial charge in [0.15, 0.2) is 0 Å². The van der Waals surface area contributed by atoms with E-state index in [9.17, 15) is 9.90 Å². The lowest BCUT2D eigenvalue weighted by atomic mass is 9.96. The summed E-state index contributed by atoms with van der Waals surface area (Å²) in [7, 11) is 0. The fourth-order valence-electron chi connectivity index (χ4n) is 2.30. The highest BCUT2D eigenvalue weighted by atomic mass is 32.1. The molecule has 0 radical (unpaired) electrons. The third kappa shape index (κ3) is 2.42. The summed E-state index contributed by atoms with van der Waals surface area (Å²) in [6.07, 6.45) is 0.488. The zero-order valence-corrected chi connectivity index (χ0v) is 11.5. The topological polar surface area (TPSA) is 50.2 Å². The maximum absolute atomic E-state index is 11.6. The normalized spacial score (nSPS) is 12.4. The molecule has 0 saturated carbocycles. The van der Waals surface area contributed by atoms with Gasteiger partial charge in [-0.3, -0.25) is 4.79 Å². The molecular formula is C16H13NO2S. The fourth-order valence-corrected chi connectivity index (χ4v) is 3.24. The van der Waals surface area contributed by atoms with Crippen LogP contribution in [0.2, 0.25) is 0 Å². The first-order valence-corrected chi connectivity index (χ1v) is 7.14. The first kappa shape index (κ1) is 12.8. The lowest BCUT2D eigenvalue weighted by Crippen LogP contribution is -2.13. The zero-order chi connectivity index (χ0) is 13.9. The molecule has 0 aliphatic heterocycles. The standard InChI is InChI=1S/C16H13NO2S/c18-16(19)13(10-11-6-2-1-3-7-11)15-12-8-4-5-9-14(12)17-20-15/h1-9,13H,10H2,(H,18,19). The molecule has 3 nitrogen and oxygen atoms in total. The summed E-state index contributed by atoms with van der Waals surface area (Å²) in [5.41, 5.74) is 1.89. The highest BCUT2D eigenvalue weighted by Gasteiger charge is 2.24. The van der Waals surface area contributed by atoms with Gasteiger partial charge in [-0.05, 0) is 29.6 Å². The molecule has 20 heavy (non-hydrogen) atoms. The van der Waals surface area contributed by atoms with Gasteiger partial charge < -0.3 is 5.11 Å². The van der Waals surface area contributed by atoms with Gasteiger partial charge in [-0.1, -0.05) is 48.5 Å². The molecule has 0 aliphatic carbocycles. The number of rotatable bonds is 4. The Bertz CT molecular complexity index is 736. The maximum Gasteiger partial charge on any atom is 0.312 e. The minimum atomic E-state index is -0.803. The Balaban J connectivity index is 2.01. The predicted octanol–water partition coefficient (Wildman–Crippen LogP) is 3.71. The molecule has 0 saturated heterocycles. The summed E-state index contributed by atoms with van der Waals surface area (Å²) >= 11 is 1.29. The summed E-state index contributed by atoms with van der Waals surface area (Å²) in [6.45, 7) is 0. The molecule has 1 unspecified atom stereocenters. The molecule has 100 valence electrons.